The molecule has 4 rings (SSSR count). The summed E-state index contributed by atoms with van der Waals surface area (Å²) in [4.78, 5) is 2.57. The fourth-order valence-electron chi connectivity index (χ4n) is 6.97. The number of allylic oxidation sites excluding steroid dienone is 2. The molecule has 1 aliphatic rings. The van der Waals surface area contributed by atoms with Crippen LogP contribution in [0.2, 0.25) is 0 Å². The molecule has 0 bridgehead atoms. The van der Waals surface area contributed by atoms with Crippen LogP contribution in [0.15, 0.2) is 79.4 Å². The Bertz CT molecular complexity index is 1390. The van der Waals surface area contributed by atoms with Gasteiger partial charge in [0, 0.05) is 6.54 Å². The molecule has 236 valence electrons. The molecule has 44 heavy (non-hydrogen) atoms. The molecule has 0 unspecified atom stereocenters. The van der Waals surface area contributed by atoms with E-state index in [1.165, 1.54) is 45.5 Å². The minimum Gasteiger partial charge on any atom is -0.299 e. The van der Waals surface area contributed by atoms with Crippen LogP contribution in [0.25, 0.3) is 16.7 Å². The van der Waals surface area contributed by atoms with Crippen molar-refractivity contribution in [3.63, 3.8) is 0 Å². The van der Waals surface area contributed by atoms with E-state index in [4.69, 9.17) is 0 Å². The number of piperidine rings is 1. The van der Waals surface area contributed by atoms with Crippen LogP contribution in [-0.2, 0) is 32.0 Å². The SMILES string of the molecule is C=C(Cc1ccc(C(=C)C)cc1)CC1(CC)CCN(Cc2cc(CCC)c(-c3cccc(C(F)(F)F)c3)c(CCC)c2)CC1. The lowest BCUT2D eigenvalue weighted by molar-refractivity contribution is -0.137. The topological polar surface area (TPSA) is 3.24 Å². The Balaban J connectivity index is 1.47. The number of rotatable bonds is 13. The van der Waals surface area contributed by atoms with Crippen molar-refractivity contribution in [1.82, 2.24) is 4.90 Å². The molecule has 0 amide bonds. The van der Waals surface area contributed by atoms with Gasteiger partial charge in [-0.2, -0.15) is 13.2 Å². The Labute approximate surface area is 263 Å². The fourth-order valence-corrected chi connectivity index (χ4v) is 6.97. The summed E-state index contributed by atoms with van der Waals surface area (Å²) >= 11 is 0. The highest BCUT2D eigenvalue weighted by Crippen LogP contribution is 2.42. The average molecular weight is 602 g/mol. The molecule has 1 aliphatic heterocycles. The normalized spacial score (nSPS) is 15.3. The maximum absolute atomic E-state index is 13.6. The molecule has 0 saturated carbocycles. The van der Waals surface area contributed by atoms with Crippen LogP contribution in [0.3, 0.4) is 0 Å². The summed E-state index contributed by atoms with van der Waals surface area (Å²) in [6, 6.07) is 19.1. The third-order valence-electron chi connectivity index (χ3n) is 9.48. The van der Waals surface area contributed by atoms with Gasteiger partial charge in [0.1, 0.15) is 0 Å². The van der Waals surface area contributed by atoms with Gasteiger partial charge in [-0.1, -0.05) is 113 Å². The van der Waals surface area contributed by atoms with Gasteiger partial charge in [-0.15, -0.1) is 0 Å². The minimum absolute atomic E-state index is 0.291. The van der Waals surface area contributed by atoms with E-state index in [9.17, 15) is 13.2 Å². The molecule has 4 heteroatoms. The number of hydrogen-bond acceptors (Lipinski definition) is 1. The van der Waals surface area contributed by atoms with Crippen molar-refractivity contribution < 1.29 is 13.2 Å². The molecule has 0 aromatic heterocycles. The van der Waals surface area contributed by atoms with Crippen LogP contribution in [0.4, 0.5) is 13.2 Å². The molecule has 0 N–H and O–H groups in total. The van der Waals surface area contributed by atoms with Gasteiger partial charge in [0.25, 0.3) is 0 Å². The first-order valence-electron chi connectivity index (χ1n) is 16.4. The van der Waals surface area contributed by atoms with Gasteiger partial charge in [-0.05, 0) is 115 Å². The average Bonchev–Trinajstić information content (AvgIpc) is 2.98. The standard InChI is InChI=1S/C40H50F3N/c1-7-11-34-24-32(25-35(12-8-2)38(34)36-13-10-14-37(26-36)40(41,42)43)28-44-21-19-39(9-3,20-22-44)27-30(6)23-31-15-17-33(18-16-31)29(4)5/h10,13-18,24-26H,4,6-9,11-12,19-23,27-28H2,1-3,5H3. The number of likely N-dealkylation sites (tertiary alicyclic amines) is 1. The summed E-state index contributed by atoms with van der Waals surface area (Å²) in [6.45, 7) is 20.2. The second-order valence-corrected chi connectivity index (χ2v) is 13.1. The number of hydrogen-bond donors (Lipinski definition) is 0. The molecule has 0 radical (unpaired) electrons. The highest BCUT2D eigenvalue weighted by Gasteiger charge is 2.34. The van der Waals surface area contributed by atoms with E-state index in [1.807, 2.05) is 13.0 Å². The van der Waals surface area contributed by atoms with Gasteiger partial charge in [-0.3, -0.25) is 4.90 Å². The Kier molecular flexibility index (Phi) is 11.3. The summed E-state index contributed by atoms with van der Waals surface area (Å²) < 4.78 is 40.7. The zero-order valence-corrected chi connectivity index (χ0v) is 27.3. The lowest BCUT2D eigenvalue weighted by Gasteiger charge is -2.42. The van der Waals surface area contributed by atoms with Gasteiger partial charge in [0.2, 0.25) is 0 Å². The van der Waals surface area contributed by atoms with Gasteiger partial charge >= 0.3 is 6.18 Å². The zero-order valence-electron chi connectivity index (χ0n) is 27.3. The van der Waals surface area contributed by atoms with Crippen molar-refractivity contribution >= 4 is 5.57 Å². The largest absolute Gasteiger partial charge is 0.416 e. The van der Waals surface area contributed by atoms with E-state index in [2.05, 4.69) is 75.2 Å². The van der Waals surface area contributed by atoms with Crippen molar-refractivity contribution in [2.24, 2.45) is 5.41 Å². The van der Waals surface area contributed by atoms with Crippen molar-refractivity contribution in [3.8, 4) is 11.1 Å². The monoisotopic (exact) mass is 601 g/mol. The van der Waals surface area contributed by atoms with Crippen LogP contribution in [-0.4, -0.2) is 18.0 Å². The van der Waals surface area contributed by atoms with E-state index < -0.39 is 11.7 Å². The van der Waals surface area contributed by atoms with Crippen molar-refractivity contribution in [1.29, 1.82) is 0 Å². The summed E-state index contributed by atoms with van der Waals surface area (Å²) in [5.41, 5.74) is 9.88. The Hall–Kier alpha value is -3.11. The number of nitrogens with zero attached hydrogens (tertiary/aromatic N) is 1. The molecule has 1 fully saturated rings. The Morgan fingerprint density at radius 2 is 1.45 bits per heavy atom. The first-order chi connectivity index (χ1) is 21.0. The molecule has 0 aliphatic carbocycles. The molecule has 1 saturated heterocycles. The van der Waals surface area contributed by atoms with Crippen LogP contribution in [0.5, 0.6) is 0 Å². The molecule has 1 nitrogen and oxygen atoms in total. The number of halogens is 3. The van der Waals surface area contributed by atoms with Crippen molar-refractivity contribution in [2.45, 2.75) is 98.2 Å². The van der Waals surface area contributed by atoms with E-state index in [0.29, 0.717) is 11.0 Å². The number of aryl methyl sites for hydroxylation is 2. The predicted octanol–water partition coefficient (Wildman–Crippen LogP) is 11.5. The zero-order chi connectivity index (χ0) is 31.9. The van der Waals surface area contributed by atoms with Crippen LogP contribution < -0.4 is 0 Å². The molecule has 3 aromatic carbocycles. The molecule has 1 heterocycles. The maximum atomic E-state index is 13.6. The van der Waals surface area contributed by atoms with Gasteiger partial charge in [-0.25, -0.2) is 0 Å². The van der Waals surface area contributed by atoms with E-state index >= 15 is 0 Å². The Morgan fingerprint density at radius 1 is 0.841 bits per heavy atom. The summed E-state index contributed by atoms with van der Waals surface area (Å²) in [5, 5.41) is 0. The first kappa shape index (κ1) is 33.8. The van der Waals surface area contributed by atoms with Gasteiger partial charge < -0.3 is 0 Å². The van der Waals surface area contributed by atoms with Crippen molar-refractivity contribution in [2.75, 3.05) is 13.1 Å². The molecule has 0 spiro atoms. The van der Waals surface area contributed by atoms with E-state index in [0.717, 1.165) is 88.6 Å². The summed E-state index contributed by atoms with van der Waals surface area (Å²) in [6.07, 6.45) is 4.70. The van der Waals surface area contributed by atoms with E-state index in [1.54, 1.807) is 6.07 Å². The van der Waals surface area contributed by atoms with Crippen molar-refractivity contribution in [3.05, 3.63) is 113 Å². The van der Waals surface area contributed by atoms with Gasteiger partial charge in [0.05, 0.1) is 5.56 Å². The molecule has 0 atom stereocenters. The maximum Gasteiger partial charge on any atom is 0.416 e. The predicted molar refractivity (Wildman–Crippen MR) is 181 cm³/mol. The second-order valence-electron chi connectivity index (χ2n) is 13.1. The highest BCUT2D eigenvalue weighted by molar-refractivity contribution is 5.73. The van der Waals surface area contributed by atoms with Gasteiger partial charge in [0.15, 0.2) is 0 Å². The smallest absolute Gasteiger partial charge is 0.299 e. The van der Waals surface area contributed by atoms with E-state index in [-0.39, 0.29) is 0 Å². The summed E-state index contributed by atoms with van der Waals surface area (Å²) in [5.74, 6) is 0. The molecular formula is C40H50F3N. The molecular weight excluding hydrogens is 551 g/mol. The second kappa shape index (κ2) is 14.8. The third-order valence-corrected chi connectivity index (χ3v) is 9.48. The highest BCUT2D eigenvalue weighted by atomic mass is 19.4. The third kappa shape index (κ3) is 8.53. The summed E-state index contributed by atoms with van der Waals surface area (Å²) in [7, 11) is 0. The Morgan fingerprint density at radius 3 is 1.98 bits per heavy atom. The number of alkyl halides is 3. The van der Waals surface area contributed by atoms with Crippen LogP contribution in [0, 0.1) is 5.41 Å². The quantitative estimate of drug-likeness (QED) is 0.176. The lowest BCUT2D eigenvalue weighted by Crippen LogP contribution is -2.39. The number of benzene rings is 3. The van der Waals surface area contributed by atoms with Crippen LogP contribution >= 0.6 is 0 Å². The minimum atomic E-state index is -4.35. The molecule has 3 aromatic rings. The van der Waals surface area contributed by atoms with Crippen LogP contribution in [0.1, 0.15) is 99.6 Å². The lowest BCUT2D eigenvalue weighted by atomic mass is 9.71. The fraction of sp³-hybridized carbons (Fsp3) is 0.450. The first-order valence-corrected chi connectivity index (χ1v) is 16.4.